The molecule has 3 nitrogen and oxygen atoms in total. The van der Waals surface area contributed by atoms with E-state index in [4.69, 9.17) is 11.6 Å². The number of amides is 1. The smallest absolute Gasteiger partial charge is 0.254 e. The topological polar surface area (TPSA) is 33.2 Å². The molecule has 0 saturated carbocycles. The number of para-hydroxylation sites is 1. The van der Waals surface area contributed by atoms with Gasteiger partial charge in [0.05, 0.1) is 11.1 Å². The molecule has 0 spiro atoms. The Morgan fingerprint density at radius 1 is 1.33 bits per heavy atom. The van der Waals surface area contributed by atoms with Crippen LogP contribution in [0.15, 0.2) is 30.3 Å². The number of hydrogen-bond acceptors (Lipinski definition) is 2. The molecule has 0 unspecified atom stereocenters. The molecular weight excluding hydrogens is 284 g/mol. The lowest BCUT2D eigenvalue weighted by Gasteiger charge is -2.31. The molecule has 1 saturated heterocycles. The number of piperidine rings is 1. The predicted octanol–water partition coefficient (Wildman–Crippen LogP) is 3.63. The van der Waals surface area contributed by atoms with E-state index in [2.05, 4.69) is 4.98 Å². The number of fused-ring (bicyclic) bond motifs is 1. The van der Waals surface area contributed by atoms with Gasteiger partial charge < -0.3 is 4.90 Å². The molecule has 0 N–H and O–H groups in total. The van der Waals surface area contributed by atoms with Gasteiger partial charge in [0.15, 0.2) is 0 Å². The second-order valence-electron chi connectivity index (χ2n) is 5.72. The average molecular weight is 303 g/mol. The van der Waals surface area contributed by atoms with Crippen LogP contribution in [0.3, 0.4) is 0 Å². The van der Waals surface area contributed by atoms with Gasteiger partial charge in [-0.05, 0) is 37.8 Å². The number of aromatic nitrogens is 1. The fourth-order valence-corrected chi connectivity index (χ4v) is 3.25. The molecule has 0 atom stereocenters. The molecule has 1 aromatic heterocycles. The molecule has 1 fully saturated rings. The Morgan fingerprint density at radius 2 is 2.05 bits per heavy atom. The maximum absolute atomic E-state index is 12.8. The molecular formula is C17H19ClN2O. The second-order valence-corrected chi connectivity index (χ2v) is 6.03. The molecule has 2 heterocycles. The van der Waals surface area contributed by atoms with Gasteiger partial charge in [-0.2, -0.15) is 0 Å². The molecule has 0 aliphatic carbocycles. The third-order valence-corrected chi connectivity index (χ3v) is 4.63. The number of rotatable bonds is 2. The van der Waals surface area contributed by atoms with E-state index in [9.17, 15) is 4.79 Å². The molecule has 0 radical (unpaired) electrons. The Bertz CT molecular complexity index is 663. The van der Waals surface area contributed by atoms with Crippen molar-refractivity contribution in [2.24, 2.45) is 5.92 Å². The van der Waals surface area contributed by atoms with Gasteiger partial charge in [0.2, 0.25) is 0 Å². The van der Waals surface area contributed by atoms with Crippen LogP contribution in [-0.4, -0.2) is 34.8 Å². The van der Waals surface area contributed by atoms with Crippen molar-refractivity contribution in [3.05, 3.63) is 41.6 Å². The highest BCUT2D eigenvalue weighted by molar-refractivity contribution is 6.18. The Morgan fingerprint density at radius 3 is 2.76 bits per heavy atom. The average Bonchev–Trinajstić information content (AvgIpc) is 2.53. The second kappa shape index (κ2) is 6.02. The number of pyridine rings is 1. The van der Waals surface area contributed by atoms with Gasteiger partial charge in [-0.25, -0.2) is 0 Å². The van der Waals surface area contributed by atoms with Gasteiger partial charge in [0, 0.05) is 30.0 Å². The van der Waals surface area contributed by atoms with Crippen LogP contribution in [0.25, 0.3) is 10.9 Å². The van der Waals surface area contributed by atoms with E-state index < -0.39 is 0 Å². The lowest BCUT2D eigenvalue weighted by molar-refractivity contribution is 0.0700. The number of halogens is 1. The summed E-state index contributed by atoms with van der Waals surface area (Å²) in [6.45, 7) is 3.53. The summed E-state index contributed by atoms with van der Waals surface area (Å²) >= 11 is 5.91. The first kappa shape index (κ1) is 14.3. The van der Waals surface area contributed by atoms with Crippen LogP contribution in [-0.2, 0) is 0 Å². The lowest BCUT2D eigenvalue weighted by atomic mass is 9.97. The summed E-state index contributed by atoms with van der Waals surface area (Å²) in [4.78, 5) is 19.3. The van der Waals surface area contributed by atoms with E-state index in [0.717, 1.165) is 48.1 Å². The van der Waals surface area contributed by atoms with E-state index in [1.807, 2.05) is 42.2 Å². The zero-order valence-electron chi connectivity index (χ0n) is 12.2. The highest BCUT2D eigenvalue weighted by Crippen LogP contribution is 2.23. The summed E-state index contributed by atoms with van der Waals surface area (Å²) in [5.74, 6) is 1.36. The summed E-state index contributed by atoms with van der Waals surface area (Å²) in [6, 6.07) is 9.74. The first-order valence-electron chi connectivity index (χ1n) is 7.40. The van der Waals surface area contributed by atoms with Gasteiger partial charge in [-0.3, -0.25) is 9.78 Å². The normalized spacial score (nSPS) is 16.4. The third-order valence-electron chi connectivity index (χ3n) is 4.19. The number of hydrogen-bond donors (Lipinski definition) is 0. The van der Waals surface area contributed by atoms with Crippen molar-refractivity contribution >= 4 is 28.4 Å². The fourth-order valence-electron chi connectivity index (χ4n) is 2.95. The molecule has 110 valence electrons. The van der Waals surface area contributed by atoms with Crippen LogP contribution in [0, 0.1) is 12.8 Å². The van der Waals surface area contributed by atoms with Crippen molar-refractivity contribution in [2.45, 2.75) is 19.8 Å². The molecule has 2 aromatic rings. The van der Waals surface area contributed by atoms with Crippen molar-refractivity contribution in [1.29, 1.82) is 0 Å². The molecule has 21 heavy (non-hydrogen) atoms. The minimum absolute atomic E-state index is 0.115. The molecule has 3 rings (SSSR count). The van der Waals surface area contributed by atoms with Gasteiger partial charge in [0.25, 0.3) is 5.91 Å². The summed E-state index contributed by atoms with van der Waals surface area (Å²) in [5, 5.41) is 0.938. The van der Waals surface area contributed by atoms with Crippen LogP contribution >= 0.6 is 11.6 Å². The Kier molecular flexibility index (Phi) is 4.11. The highest BCUT2D eigenvalue weighted by atomic mass is 35.5. The lowest BCUT2D eigenvalue weighted by Crippen LogP contribution is -2.39. The Labute approximate surface area is 129 Å². The summed E-state index contributed by atoms with van der Waals surface area (Å²) < 4.78 is 0. The SMILES string of the molecule is Cc1cc(C(=O)N2CCC(CCl)CC2)c2ccccc2n1. The quantitative estimate of drug-likeness (QED) is 0.794. The fraction of sp³-hybridized carbons (Fsp3) is 0.412. The number of carbonyl (C=O) groups excluding carboxylic acids is 1. The Balaban J connectivity index is 1.91. The zero-order chi connectivity index (χ0) is 14.8. The minimum Gasteiger partial charge on any atom is -0.339 e. The van der Waals surface area contributed by atoms with E-state index >= 15 is 0 Å². The molecule has 4 heteroatoms. The van der Waals surface area contributed by atoms with Crippen LogP contribution in [0.2, 0.25) is 0 Å². The molecule has 1 aliphatic rings. The van der Waals surface area contributed by atoms with E-state index in [1.54, 1.807) is 0 Å². The van der Waals surface area contributed by atoms with E-state index in [-0.39, 0.29) is 5.91 Å². The molecule has 1 amide bonds. The summed E-state index contributed by atoms with van der Waals surface area (Å²) in [6.07, 6.45) is 1.99. The van der Waals surface area contributed by atoms with Gasteiger partial charge in [-0.1, -0.05) is 18.2 Å². The predicted molar refractivity (Wildman–Crippen MR) is 85.8 cm³/mol. The van der Waals surface area contributed by atoms with Gasteiger partial charge >= 0.3 is 0 Å². The van der Waals surface area contributed by atoms with Crippen molar-refractivity contribution in [2.75, 3.05) is 19.0 Å². The summed E-state index contributed by atoms with van der Waals surface area (Å²) in [5.41, 5.74) is 2.53. The van der Waals surface area contributed by atoms with Gasteiger partial charge in [-0.15, -0.1) is 11.6 Å². The Hall–Kier alpha value is -1.61. The first-order valence-corrected chi connectivity index (χ1v) is 7.94. The number of benzene rings is 1. The highest BCUT2D eigenvalue weighted by Gasteiger charge is 2.24. The molecule has 0 bridgehead atoms. The monoisotopic (exact) mass is 302 g/mol. The third kappa shape index (κ3) is 2.88. The summed E-state index contributed by atoms with van der Waals surface area (Å²) in [7, 11) is 0. The number of alkyl halides is 1. The molecule has 1 aliphatic heterocycles. The van der Waals surface area contributed by atoms with Crippen LogP contribution in [0.4, 0.5) is 0 Å². The number of nitrogens with zero attached hydrogens (tertiary/aromatic N) is 2. The van der Waals surface area contributed by atoms with Crippen LogP contribution in [0.5, 0.6) is 0 Å². The van der Waals surface area contributed by atoms with Gasteiger partial charge in [0.1, 0.15) is 0 Å². The first-order chi connectivity index (χ1) is 10.2. The van der Waals surface area contributed by atoms with E-state index in [1.165, 1.54) is 0 Å². The van der Waals surface area contributed by atoms with Crippen molar-refractivity contribution in [3.8, 4) is 0 Å². The molecule has 1 aromatic carbocycles. The number of aryl methyl sites for hydroxylation is 1. The van der Waals surface area contributed by atoms with E-state index in [0.29, 0.717) is 11.8 Å². The van der Waals surface area contributed by atoms with Crippen LogP contribution in [0.1, 0.15) is 28.9 Å². The number of carbonyl (C=O) groups is 1. The van der Waals surface area contributed by atoms with Crippen molar-refractivity contribution in [3.63, 3.8) is 0 Å². The standard InChI is InChI=1S/C17H19ClN2O/c1-12-10-15(14-4-2-3-5-16(14)19-12)17(21)20-8-6-13(11-18)7-9-20/h2-5,10,13H,6-9,11H2,1H3. The maximum atomic E-state index is 12.8. The van der Waals surface area contributed by atoms with Crippen molar-refractivity contribution < 1.29 is 4.79 Å². The maximum Gasteiger partial charge on any atom is 0.254 e. The minimum atomic E-state index is 0.115. The van der Waals surface area contributed by atoms with Crippen molar-refractivity contribution in [1.82, 2.24) is 9.88 Å². The largest absolute Gasteiger partial charge is 0.339 e. The zero-order valence-corrected chi connectivity index (χ0v) is 12.9. The van der Waals surface area contributed by atoms with Crippen LogP contribution < -0.4 is 0 Å². The number of likely N-dealkylation sites (tertiary alicyclic amines) is 1.